The summed E-state index contributed by atoms with van der Waals surface area (Å²) >= 11 is 4.75. The number of ether oxygens (including phenoxy) is 3. The predicted molar refractivity (Wildman–Crippen MR) is 83.0 cm³/mol. The van der Waals surface area contributed by atoms with Crippen molar-refractivity contribution in [2.24, 2.45) is 0 Å². The van der Waals surface area contributed by atoms with Gasteiger partial charge in [0.2, 0.25) is 0 Å². The van der Waals surface area contributed by atoms with Crippen LogP contribution in [0.25, 0.3) is 6.08 Å². The Balaban J connectivity index is 2.52. The van der Waals surface area contributed by atoms with E-state index in [0.29, 0.717) is 22.8 Å². The van der Waals surface area contributed by atoms with Gasteiger partial charge in [-0.2, -0.15) is 0 Å². The molecule has 0 radical (unpaired) electrons. The Morgan fingerprint density at radius 3 is 1.91 bits per heavy atom. The molecule has 0 aromatic heterocycles. The third-order valence-corrected chi connectivity index (χ3v) is 3.18. The summed E-state index contributed by atoms with van der Waals surface area (Å²) in [6, 6.07) is 3.21. The highest BCUT2D eigenvalue weighted by atomic mass is 32.1. The highest BCUT2D eigenvalue weighted by Gasteiger charge is 2.26. The Morgan fingerprint density at radius 2 is 1.41 bits per heavy atom. The van der Waals surface area contributed by atoms with Crippen LogP contribution in [0.4, 0.5) is 0 Å². The molecule has 7 nitrogen and oxygen atoms in total. The normalized spacial score (nSPS) is 14.1. The molecule has 1 aliphatic rings. The van der Waals surface area contributed by atoms with E-state index in [1.807, 2.05) is 0 Å². The van der Waals surface area contributed by atoms with E-state index in [1.54, 1.807) is 12.1 Å². The molecule has 1 aromatic carbocycles. The highest BCUT2D eigenvalue weighted by molar-refractivity contribution is 7.80. The summed E-state index contributed by atoms with van der Waals surface area (Å²) in [5.41, 5.74) is 0.410. The lowest BCUT2D eigenvalue weighted by atomic mass is 10.1. The number of rotatable bonds is 4. The van der Waals surface area contributed by atoms with E-state index in [9.17, 15) is 9.59 Å². The molecule has 1 fully saturated rings. The monoisotopic (exact) mass is 322 g/mol. The standard InChI is InChI=1S/C14H14N2O5S/c1-19-9-6-11(21-3)10(20-2)5-7(9)4-8-12(17)15-14(22)16-13(8)18/h4-6H,1-3H3,(H2,15,16,17,18,22). The number of carbonyl (C=O) groups is 2. The molecular weight excluding hydrogens is 308 g/mol. The molecule has 2 rings (SSSR count). The lowest BCUT2D eigenvalue weighted by molar-refractivity contribution is -0.123. The van der Waals surface area contributed by atoms with Gasteiger partial charge < -0.3 is 14.2 Å². The quantitative estimate of drug-likeness (QED) is 0.480. The zero-order valence-electron chi connectivity index (χ0n) is 12.2. The summed E-state index contributed by atoms with van der Waals surface area (Å²) in [4.78, 5) is 23.7. The fourth-order valence-corrected chi connectivity index (χ4v) is 2.11. The third-order valence-electron chi connectivity index (χ3n) is 2.98. The second-order valence-corrected chi connectivity index (χ2v) is 4.65. The van der Waals surface area contributed by atoms with Gasteiger partial charge in [0.05, 0.1) is 21.3 Å². The number of hydrogen-bond acceptors (Lipinski definition) is 6. The van der Waals surface area contributed by atoms with Gasteiger partial charge >= 0.3 is 0 Å². The summed E-state index contributed by atoms with van der Waals surface area (Å²) in [6.07, 6.45) is 1.40. The van der Waals surface area contributed by atoms with Crippen molar-refractivity contribution in [1.82, 2.24) is 10.6 Å². The molecule has 22 heavy (non-hydrogen) atoms. The van der Waals surface area contributed by atoms with E-state index >= 15 is 0 Å². The maximum atomic E-state index is 11.9. The number of amides is 2. The maximum Gasteiger partial charge on any atom is 0.263 e. The minimum absolute atomic E-state index is 0.0218. The van der Waals surface area contributed by atoms with Crippen molar-refractivity contribution >= 4 is 35.2 Å². The van der Waals surface area contributed by atoms with Gasteiger partial charge in [0, 0.05) is 11.6 Å². The van der Waals surface area contributed by atoms with E-state index in [0.717, 1.165) is 0 Å². The first-order chi connectivity index (χ1) is 10.5. The molecule has 0 spiro atoms. The van der Waals surface area contributed by atoms with Gasteiger partial charge in [0.15, 0.2) is 16.6 Å². The van der Waals surface area contributed by atoms with Crippen molar-refractivity contribution in [2.75, 3.05) is 21.3 Å². The van der Waals surface area contributed by atoms with Crippen molar-refractivity contribution < 1.29 is 23.8 Å². The Bertz CT molecular complexity index is 662. The van der Waals surface area contributed by atoms with E-state index < -0.39 is 11.8 Å². The number of benzene rings is 1. The Hall–Kier alpha value is -2.61. The predicted octanol–water partition coefficient (Wildman–Crippen LogP) is 0.627. The molecule has 0 bridgehead atoms. The SMILES string of the molecule is COc1cc(OC)c(OC)cc1C=C1C(=O)NC(=S)NC1=O. The molecule has 0 saturated carbocycles. The molecule has 0 unspecified atom stereocenters. The van der Waals surface area contributed by atoms with Crippen molar-refractivity contribution in [2.45, 2.75) is 0 Å². The lowest BCUT2D eigenvalue weighted by Gasteiger charge is -2.17. The molecule has 1 aliphatic heterocycles. The number of thiocarbonyl (C=S) groups is 1. The van der Waals surface area contributed by atoms with E-state index in [1.165, 1.54) is 27.4 Å². The molecule has 2 amide bonds. The minimum Gasteiger partial charge on any atom is -0.496 e. The first kappa shape index (κ1) is 15.8. The number of hydrogen-bond donors (Lipinski definition) is 2. The van der Waals surface area contributed by atoms with Crippen LogP contribution in [-0.2, 0) is 9.59 Å². The summed E-state index contributed by atoms with van der Waals surface area (Å²) in [6.45, 7) is 0. The summed E-state index contributed by atoms with van der Waals surface area (Å²) < 4.78 is 15.6. The third kappa shape index (κ3) is 3.01. The first-order valence-electron chi connectivity index (χ1n) is 6.18. The first-order valence-corrected chi connectivity index (χ1v) is 6.59. The minimum atomic E-state index is -0.578. The second kappa shape index (κ2) is 6.44. The maximum absolute atomic E-state index is 11.9. The Morgan fingerprint density at radius 1 is 0.909 bits per heavy atom. The van der Waals surface area contributed by atoms with Crippen molar-refractivity contribution in [1.29, 1.82) is 0 Å². The van der Waals surface area contributed by atoms with Crippen LogP contribution in [0.15, 0.2) is 17.7 Å². The summed E-state index contributed by atoms with van der Waals surface area (Å²) in [5.74, 6) is 0.192. The van der Waals surface area contributed by atoms with Crippen LogP contribution in [0, 0.1) is 0 Å². The molecule has 1 heterocycles. The zero-order valence-corrected chi connectivity index (χ0v) is 13.0. The topological polar surface area (TPSA) is 85.9 Å². The van der Waals surface area contributed by atoms with E-state index in [2.05, 4.69) is 10.6 Å². The van der Waals surface area contributed by atoms with Gasteiger partial charge in [-0.15, -0.1) is 0 Å². The fraction of sp³-hybridized carbons (Fsp3) is 0.214. The van der Waals surface area contributed by atoms with Crippen molar-refractivity contribution in [3.05, 3.63) is 23.3 Å². The number of nitrogens with one attached hydrogen (secondary N) is 2. The largest absolute Gasteiger partial charge is 0.496 e. The van der Waals surface area contributed by atoms with Gasteiger partial charge in [-0.25, -0.2) is 0 Å². The number of methoxy groups -OCH3 is 3. The Kier molecular flexibility index (Phi) is 4.62. The molecular formula is C14H14N2O5S. The van der Waals surface area contributed by atoms with E-state index in [-0.39, 0.29) is 10.7 Å². The van der Waals surface area contributed by atoms with Crippen LogP contribution in [0.1, 0.15) is 5.56 Å². The molecule has 0 atom stereocenters. The van der Waals surface area contributed by atoms with Crippen LogP contribution >= 0.6 is 12.2 Å². The van der Waals surface area contributed by atoms with Gasteiger partial charge in [-0.05, 0) is 24.4 Å². The Labute approximate surface area is 132 Å². The zero-order chi connectivity index (χ0) is 16.3. The summed E-state index contributed by atoms with van der Waals surface area (Å²) in [5, 5.41) is 4.71. The molecule has 0 aliphatic carbocycles. The van der Waals surface area contributed by atoms with Crippen LogP contribution in [0.2, 0.25) is 0 Å². The molecule has 1 saturated heterocycles. The molecule has 116 valence electrons. The highest BCUT2D eigenvalue weighted by Crippen LogP contribution is 2.35. The second-order valence-electron chi connectivity index (χ2n) is 4.24. The van der Waals surface area contributed by atoms with E-state index in [4.69, 9.17) is 26.4 Å². The van der Waals surface area contributed by atoms with Crippen LogP contribution < -0.4 is 24.8 Å². The molecule has 8 heteroatoms. The van der Waals surface area contributed by atoms with Gasteiger partial charge in [0.1, 0.15) is 11.3 Å². The number of carbonyl (C=O) groups excluding carboxylic acids is 2. The summed E-state index contributed by atoms with van der Waals surface area (Å²) in [7, 11) is 4.46. The fourth-order valence-electron chi connectivity index (χ4n) is 1.93. The van der Waals surface area contributed by atoms with Crippen molar-refractivity contribution in [3.8, 4) is 17.2 Å². The van der Waals surface area contributed by atoms with Gasteiger partial charge in [0.25, 0.3) is 11.8 Å². The van der Waals surface area contributed by atoms with Crippen LogP contribution in [0.3, 0.4) is 0 Å². The lowest BCUT2D eigenvalue weighted by Crippen LogP contribution is -2.51. The molecule has 2 N–H and O–H groups in total. The average molecular weight is 322 g/mol. The molecule has 1 aromatic rings. The van der Waals surface area contributed by atoms with Crippen LogP contribution in [0.5, 0.6) is 17.2 Å². The van der Waals surface area contributed by atoms with Crippen molar-refractivity contribution in [3.63, 3.8) is 0 Å². The van der Waals surface area contributed by atoms with Gasteiger partial charge in [-0.1, -0.05) is 0 Å². The van der Waals surface area contributed by atoms with Crippen LogP contribution in [-0.4, -0.2) is 38.3 Å². The van der Waals surface area contributed by atoms with Gasteiger partial charge in [-0.3, -0.25) is 20.2 Å². The smallest absolute Gasteiger partial charge is 0.263 e. The average Bonchev–Trinajstić information content (AvgIpc) is 2.49.